The van der Waals surface area contributed by atoms with E-state index in [-0.39, 0.29) is 5.97 Å². The van der Waals surface area contributed by atoms with Gasteiger partial charge in [0.05, 0.1) is 6.61 Å². The van der Waals surface area contributed by atoms with Crippen molar-refractivity contribution in [1.29, 1.82) is 0 Å². The van der Waals surface area contributed by atoms with Gasteiger partial charge >= 0.3 is 5.97 Å². The first-order valence-electron chi connectivity index (χ1n) is 4.96. The topological polar surface area (TPSA) is 26.3 Å². The Bertz CT molecular complexity index is 319. The molecule has 74 valence electrons. The molecule has 0 unspecified atom stereocenters. The van der Waals surface area contributed by atoms with Crippen LogP contribution in [0.2, 0.25) is 0 Å². The Morgan fingerprint density at radius 2 is 1.93 bits per heavy atom. The minimum absolute atomic E-state index is 0.180. The molecular weight excluding hydrogens is 176 g/mol. The molecule has 0 bridgehead atoms. The van der Waals surface area contributed by atoms with Crippen LogP contribution < -0.4 is 0 Å². The Labute approximate surface area is 83.9 Å². The highest BCUT2D eigenvalue weighted by Gasteiger charge is 2.21. The smallest absolute Gasteiger partial charge is 0.302 e. The molecule has 2 rings (SSSR count). The molecule has 2 heteroatoms. The van der Waals surface area contributed by atoms with Gasteiger partial charge in [-0.05, 0) is 24.0 Å². The lowest BCUT2D eigenvalue weighted by Crippen LogP contribution is -2.12. The van der Waals surface area contributed by atoms with Gasteiger partial charge in [0.25, 0.3) is 0 Å². The molecular formula is C12H14O2. The number of esters is 1. The summed E-state index contributed by atoms with van der Waals surface area (Å²) in [6, 6.07) is 8.44. The van der Waals surface area contributed by atoms with E-state index in [1.165, 1.54) is 18.1 Å². The Morgan fingerprint density at radius 1 is 1.36 bits per heavy atom. The first-order valence-corrected chi connectivity index (χ1v) is 4.96. The van der Waals surface area contributed by atoms with Gasteiger partial charge in [-0.1, -0.05) is 24.3 Å². The largest absolute Gasteiger partial charge is 0.466 e. The van der Waals surface area contributed by atoms with Crippen LogP contribution in [0, 0.1) is 5.92 Å². The van der Waals surface area contributed by atoms with Gasteiger partial charge in [-0.2, -0.15) is 0 Å². The third kappa shape index (κ3) is 1.95. The Morgan fingerprint density at radius 3 is 2.43 bits per heavy atom. The minimum Gasteiger partial charge on any atom is -0.466 e. The van der Waals surface area contributed by atoms with E-state index >= 15 is 0 Å². The number of ether oxygens (including phenoxy) is 1. The van der Waals surface area contributed by atoms with E-state index in [2.05, 4.69) is 24.3 Å². The average molecular weight is 190 g/mol. The van der Waals surface area contributed by atoms with Crippen LogP contribution in [0.5, 0.6) is 0 Å². The highest BCUT2D eigenvalue weighted by molar-refractivity contribution is 5.65. The zero-order chi connectivity index (χ0) is 9.97. The van der Waals surface area contributed by atoms with Crippen molar-refractivity contribution in [2.75, 3.05) is 6.61 Å². The van der Waals surface area contributed by atoms with Crippen molar-refractivity contribution in [1.82, 2.24) is 0 Å². The van der Waals surface area contributed by atoms with Crippen molar-refractivity contribution in [2.45, 2.75) is 19.8 Å². The minimum atomic E-state index is -0.180. The van der Waals surface area contributed by atoms with Crippen LogP contribution in [0.3, 0.4) is 0 Å². The van der Waals surface area contributed by atoms with Crippen LogP contribution in [0.1, 0.15) is 18.1 Å². The molecule has 1 aliphatic rings. The molecule has 0 amide bonds. The van der Waals surface area contributed by atoms with Crippen molar-refractivity contribution < 1.29 is 9.53 Å². The SMILES string of the molecule is CC(=O)OCC1Cc2ccccc2C1. The Hall–Kier alpha value is -1.31. The lowest BCUT2D eigenvalue weighted by Gasteiger charge is -2.07. The molecule has 14 heavy (non-hydrogen) atoms. The molecule has 1 aromatic rings. The van der Waals surface area contributed by atoms with E-state index in [4.69, 9.17) is 4.74 Å². The van der Waals surface area contributed by atoms with E-state index in [1.54, 1.807) is 0 Å². The zero-order valence-corrected chi connectivity index (χ0v) is 8.32. The fraction of sp³-hybridized carbons (Fsp3) is 0.417. The number of fused-ring (bicyclic) bond motifs is 1. The summed E-state index contributed by atoms with van der Waals surface area (Å²) in [5.74, 6) is 0.303. The van der Waals surface area contributed by atoms with Crippen LogP contribution in [0.4, 0.5) is 0 Å². The maximum atomic E-state index is 10.7. The van der Waals surface area contributed by atoms with Crippen molar-refractivity contribution in [3.8, 4) is 0 Å². The van der Waals surface area contributed by atoms with Crippen molar-refractivity contribution in [2.24, 2.45) is 5.92 Å². The maximum absolute atomic E-state index is 10.7. The monoisotopic (exact) mass is 190 g/mol. The summed E-state index contributed by atoms with van der Waals surface area (Å²) < 4.78 is 5.02. The number of carbonyl (C=O) groups excluding carboxylic acids is 1. The van der Waals surface area contributed by atoms with Gasteiger partial charge in [-0.15, -0.1) is 0 Å². The third-order valence-corrected chi connectivity index (χ3v) is 2.66. The standard InChI is InChI=1S/C12H14O2/c1-9(13)14-8-10-6-11-4-2-3-5-12(11)7-10/h2-5,10H,6-8H2,1H3. The summed E-state index contributed by atoms with van der Waals surface area (Å²) in [6.07, 6.45) is 2.09. The van der Waals surface area contributed by atoms with Crippen LogP contribution in [-0.4, -0.2) is 12.6 Å². The fourth-order valence-electron chi connectivity index (χ4n) is 2.00. The highest BCUT2D eigenvalue weighted by atomic mass is 16.5. The van der Waals surface area contributed by atoms with Crippen LogP contribution in [0.15, 0.2) is 24.3 Å². The number of rotatable bonds is 2. The van der Waals surface area contributed by atoms with Gasteiger partial charge in [0.2, 0.25) is 0 Å². The highest BCUT2D eigenvalue weighted by Crippen LogP contribution is 2.26. The van der Waals surface area contributed by atoms with E-state index in [0.717, 1.165) is 12.8 Å². The van der Waals surface area contributed by atoms with E-state index in [1.807, 2.05) is 0 Å². The molecule has 0 spiro atoms. The molecule has 0 aliphatic heterocycles. The summed E-state index contributed by atoms with van der Waals surface area (Å²) in [5, 5.41) is 0. The second kappa shape index (κ2) is 3.82. The van der Waals surface area contributed by atoms with Crippen molar-refractivity contribution in [3.63, 3.8) is 0 Å². The summed E-state index contributed by atoms with van der Waals surface area (Å²) in [4.78, 5) is 10.7. The van der Waals surface area contributed by atoms with Crippen LogP contribution in [0.25, 0.3) is 0 Å². The summed E-state index contributed by atoms with van der Waals surface area (Å²) >= 11 is 0. The van der Waals surface area contributed by atoms with Gasteiger partial charge in [0, 0.05) is 12.8 Å². The van der Waals surface area contributed by atoms with E-state index < -0.39 is 0 Å². The van der Waals surface area contributed by atoms with Crippen LogP contribution in [-0.2, 0) is 22.4 Å². The molecule has 0 saturated heterocycles. The molecule has 2 nitrogen and oxygen atoms in total. The van der Waals surface area contributed by atoms with Crippen molar-refractivity contribution in [3.05, 3.63) is 35.4 Å². The van der Waals surface area contributed by atoms with Gasteiger partial charge in [-0.3, -0.25) is 4.79 Å². The second-order valence-corrected chi connectivity index (χ2v) is 3.85. The molecule has 0 heterocycles. The fourth-order valence-corrected chi connectivity index (χ4v) is 2.00. The summed E-state index contributed by atoms with van der Waals surface area (Å²) in [5.41, 5.74) is 2.81. The average Bonchev–Trinajstić information content (AvgIpc) is 2.57. The molecule has 1 aliphatic carbocycles. The first kappa shape index (κ1) is 9.25. The molecule has 0 aromatic heterocycles. The first-order chi connectivity index (χ1) is 6.75. The molecule has 0 atom stereocenters. The molecule has 1 aromatic carbocycles. The molecule has 0 N–H and O–H groups in total. The van der Waals surface area contributed by atoms with E-state index in [0.29, 0.717) is 12.5 Å². The Balaban J connectivity index is 1.95. The Kier molecular flexibility index (Phi) is 2.53. The number of carbonyl (C=O) groups is 1. The molecule has 0 saturated carbocycles. The maximum Gasteiger partial charge on any atom is 0.302 e. The van der Waals surface area contributed by atoms with E-state index in [9.17, 15) is 4.79 Å². The summed E-state index contributed by atoms with van der Waals surface area (Å²) in [7, 11) is 0. The predicted molar refractivity (Wildman–Crippen MR) is 54.0 cm³/mol. The molecule has 0 radical (unpaired) electrons. The molecule has 0 fully saturated rings. The quantitative estimate of drug-likeness (QED) is 0.666. The van der Waals surface area contributed by atoms with Gasteiger partial charge in [0.15, 0.2) is 0 Å². The van der Waals surface area contributed by atoms with Crippen LogP contribution >= 0.6 is 0 Å². The second-order valence-electron chi connectivity index (χ2n) is 3.85. The van der Waals surface area contributed by atoms with Gasteiger partial charge < -0.3 is 4.74 Å². The predicted octanol–water partition coefficient (Wildman–Crippen LogP) is 1.96. The number of benzene rings is 1. The third-order valence-electron chi connectivity index (χ3n) is 2.66. The lowest BCUT2D eigenvalue weighted by molar-refractivity contribution is -0.142. The summed E-state index contributed by atoms with van der Waals surface area (Å²) in [6.45, 7) is 2.02. The van der Waals surface area contributed by atoms with Gasteiger partial charge in [0.1, 0.15) is 0 Å². The number of hydrogen-bond donors (Lipinski definition) is 0. The zero-order valence-electron chi connectivity index (χ0n) is 8.32. The lowest BCUT2D eigenvalue weighted by atomic mass is 10.1. The van der Waals surface area contributed by atoms with Gasteiger partial charge in [-0.25, -0.2) is 0 Å². The van der Waals surface area contributed by atoms with Crippen molar-refractivity contribution >= 4 is 5.97 Å². The normalized spacial score (nSPS) is 15.2. The number of hydrogen-bond acceptors (Lipinski definition) is 2.